The van der Waals surface area contributed by atoms with Gasteiger partial charge in [-0.25, -0.2) is 4.98 Å². The minimum atomic E-state index is -0.0765. The second kappa shape index (κ2) is 5.13. The molecule has 0 saturated heterocycles. The number of pyridine rings is 1. The number of aromatic nitrogens is 1. The summed E-state index contributed by atoms with van der Waals surface area (Å²) in [5.74, 6) is 1.09. The number of fused-ring (bicyclic) bond motifs is 1. The summed E-state index contributed by atoms with van der Waals surface area (Å²) < 4.78 is 6.33. The van der Waals surface area contributed by atoms with Crippen molar-refractivity contribution in [2.24, 2.45) is 0 Å². The van der Waals surface area contributed by atoms with Crippen LogP contribution in [0.4, 0.5) is 11.5 Å². The van der Waals surface area contributed by atoms with Gasteiger partial charge in [0.25, 0.3) is 5.91 Å². The van der Waals surface area contributed by atoms with Crippen molar-refractivity contribution < 1.29 is 9.53 Å². The molecular weight excluding hydrogens is 322 g/mol. The van der Waals surface area contributed by atoms with Crippen LogP contribution in [0, 0.1) is 0 Å². The summed E-state index contributed by atoms with van der Waals surface area (Å²) in [6.07, 6.45) is 1.68. The second-order valence-corrected chi connectivity index (χ2v) is 5.39. The highest BCUT2D eigenvalue weighted by Crippen LogP contribution is 2.35. The Bertz CT molecular complexity index is 658. The van der Waals surface area contributed by atoms with Gasteiger partial charge >= 0.3 is 0 Å². The predicted molar refractivity (Wildman–Crippen MR) is 79.5 cm³/mol. The highest BCUT2D eigenvalue weighted by atomic mass is 79.9. The third kappa shape index (κ3) is 2.46. The number of rotatable bonds is 2. The summed E-state index contributed by atoms with van der Waals surface area (Å²) >= 11 is 3.41. The first-order valence-electron chi connectivity index (χ1n) is 6.06. The number of hydrogen-bond donors (Lipinski definition) is 1. The molecule has 0 bridgehead atoms. The van der Waals surface area contributed by atoms with Crippen LogP contribution in [-0.2, 0) is 11.3 Å². The van der Waals surface area contributed by atoms with E-state index in [1.165, 1.54) is 0 Å². The third-order valence-corrected chi connectivity index (χ3v) is 3.55. The summed E-state index contributed by atoms with van der Waals surface area (Å²) in [7, 11) is 0. The topological polar surface area (TPSA) is 68.5 Å². The number of amides is 1. The molecule has 2 heterocycles. The molecule has 1 aromatic carbocycles. The molecule has 2 aromatic rings. The van der Waals surface area contributed by atoms with Gasteiger partial charge < -0.3 is 15.4 Å². The summed E-state index contributed by atoms with van der Waals surface area (Å²) in [5, 5.41) is 0. The first-order chi connectivity index (χ1) is 9.63. The van der Waals surface area contributed by atoms with E-state index >= 15 is 0 Å². The van der Waals surface area contributed by atoms with Gasteiger partial charge in [-0.3, -0.25) is 4.79 Å². The summed E-state index contributed by atoms with van der Waals surface area (Å²) in [6.45, 7) is 0.496. The Morgan fingerprint density at radius 3 is 2.95 bits per heavy atom. The van der Waals surface area contributed by atoms with E-state index in [2.05, 4.69) is 20.9 Å². The smallest absolute Gasteiger partial charge is 0.265 e. The summed E-state index contributed by atoms with van der Waals surface area (Å²) in [6, 6.07) is 9.19. The first-order valence-corrected chi connectivity index (χ1v) is 6.86. The number of carbonyl (C=O) groups is 1. The molecule has 102 valence electrons. The van der Waals surface area contributed by atoms with E-state index < -0.39 is 0 Å². The van der Waals surface area contributed by atoms with Crippen molar-refractivity contribution in [2.45, 2.75) is 6.54 Å². The average Bonchev–Trinajstić information content (AvgIpc) is 2.44. The van der Waals surface area contributed by atoms with Gasteiger partial charge in [-0.05, 0) is 29.8 Å². The van der Waals surface area contributed by atoms with Crippen LogP contribution in [0.3, 0.4) is 0 Å². The highest BCUT2D eigenvalue weighted by molar-refractivity contribution is 9.10. The van der Waals surface area contributed by atoms with Gasteiger partial charge in [-0.1, -0.05) is 22.0 Å². The van der Waals surface area contributed by atoms with E-state index in [0.717, 1.165) is 15.7 Å². The maximum absolute atomic E-state index is 12.1. The zero-order chi connectivity index (χ0) is 14.1. The number of benzene rings is 1. The first kappa shape index (κ1) is 12.9. The van der Waals surface area contributed by atoms with Gasteiger partial charge in [0.15, 0.2) is 6.61 Å². The Morgan fingerprint density at radius 2 is 2.20 bits per heavy atom. The van der Waals surface area contributed by atoms with E-state index in [4.69, 9.17) is 10.5 Å². The van der Waals surface area contributed by atoms with Crippen molar-refractivity contribution in [3.8, 4) is 5.75 Å². The number of nitrogen functional groups attached to an aromatic ring is 1. The molecule has 3 rings (SSSR count). The molecule has 0 atom stereocenters. The van der Waals surface area contributed by atoms with Crippen LogP contribution in [0.15, 0.2) is 41.0 Å². The van der Waals surface area contributed by atoms with E-state index in [1.807, 2.05) is 24.3 Å². The minimum absolute atomic E-state index is 0.0526. The van der Waals surface area contributed by atoms with Crippen molar-refractivity contribution in [3.05, 3.63) is 46.6 Å². The standard InChI is InChI=1S/C14H12BrN3O2/c15-10-2-3-12-11(5-10)18(14(19)8-20-12)7-9-1-4-13(16)17-6-9/h1-6H,7-8H2,(H2,16,17). The fourth-order valence-electron chi connectivity index (χ4n) is 2.06. The van der Waals surface area contributed by atoms with Crippen LogP contribution in [0.1, 0.15) is 5.56 Å². The zero-order valence-corrected chi connectivity index (χ0v) is 12.1. The monoisotopic (exact) mass is 333 g/mol. The van der Waals surface area contributed by atoms with Crippen LogP contribution >= 0.6 is 15.9 Å². The van der Waals surface area contributed by atoms with Crippen LogP contribution in [0.5, 0.6) is 5.75 Å². The molecule has 1 aliphatic heterocycles. The van der Waals surface area contributed by atoms with Crippen molar-refractivity contribution in [2.75, 3.05) is 17.2 Å². The molecule has 0 saturated carbocycles. The molecule has 20 heavy (non-hydrogen) atoms. The van der Waals surface area contributed by atoms with Crippen molar-refractivity contribution >= 4 is 33.3 Å². The average molecular weight is 334 g/mol. The van der Waals surface area contributed by atoms with Crippen molar-refractivity contribution in [1.29, 1.82) is 0 Å². The molecule has 0 radical (unpaired) electrons. The number of halogens is 1. The predicted octanol–water partition coefficient (Wildman–Crippen LogP) is 2.35. The molecule has 1 amide bonds. The molecule has 0 spiro atoms. The van der Waals surface area contributed by atoms with E-state index in [1.54, 1.807) is 17.2 Å². The molecule has 1 aromatic heterocycles. The third-order valence-electron chi connectivity index (χ3n) is 3.05. The number of carbonyl (C=O) groups excluding carboxylic acids is 1. The molecule has 0 unspecified atom stereocenters. The van der Waals surface area contributed by atoms with Gasteiger partial charge in [0.05, 0.1) is 12.2 Å². The molecule has 6 heteroatoms. The maximum Gasteiger partial charge on any atom is 0.265 e. The zero-order valence-electron chi connectivity index (χ0n) is 10.5. The quantitative estimate of drug-likeness (QED) is 0.915. The molecule has 0 aliphatic carbocycles. The molecule has 2 N–H and O–H groups in total. The Hall–Kier alpha value is -2.08. The Labute approximate surface area is 124 Å². The number of ether oxygens (including phenoxy) is 1. The van der Waals surface area contributed by atoms with Crippen LogP contribution in [-0.4, -0.2) is 17.5 Å². The largest absolute Gasteiger partial charge is 0.482 e. The minimum Gasteiger partial charge on any atom is -0.482 e. The van der Waals surface area contributed by atoms with Crippen LogP contribution in [0.2, 0.25) is 0 Å². The van der Waals surface area contributed by atoms with Gasteiger partial charge in [0.2, 0.25) is 0 Å². The fourth-order valence-corrected chi connectivity index (χ4v) is 2.41. The van der Waals surface area contributed by atoms with E-state index in [0.29, 0.717) is 18.1 Å². The van der Waals surface area contributed by atoms with Crippen LogP contribution < -0.4 is 15.4 Å². The van der Waals surface area contributed by atoms with Crippen LogP contribution in [0.25, 0.3) is 0 Å². The number of hydrogen-bond acceptors (Lipinski definition) is 4. The van der Waals surface area contributed by atoms with Crippen molar-refractivity contribution in [3.63, 3.8) is 0 Å². The van der Waals surface area contributed by atoms with Crippen molar-refractivity contribution in [1.82, 2.24) is 4.98 Å². The SMILES string of the molecule is Nc1ccc(CN2C(=O)COc3ccc(Br)cc32)cn1. The summed E-state index contributed by atoms with van der Waals surface area (Å²) in [5.41, 5.74) is 7.24. The van der Waals surface area contributed by atoms with Gasteiger partial charge in [-0.2, -0.15) is 0 Å². The Balaban J connectivity index is 1.94. The fraction of sp³-hybridized carbons (Fsp3) is 0.143. The molecule has 5 nitrogen and oxygen atoms in total. The lowest BCUT2D eigenvalue weighted by atomic mass is 10.2. The molecular formula is C14H12BrN3O2. The van der Waals surface area contributed by atoms with E-state index in [9.17, 15) is 4.79 Å². The van der Waals surface area contributed by atoms with E-state index in [-0.39, 0.29) is 12.5 Å². The van der Waals surface area contributed by atoms with Gasteiger partial charge in [0.1, 0.15) is 11.6 Å². The second-order valence-electron chi connectivity index (χ2n) is 4.47. The number of nitrogens with two attached hydrogens (primary N) is 1. The number of anilines is 2. The summed E-state index contributed by atoms with van der Waals surface area (Å²) in [4.78, 5) is 17.8. The molecule has 0 fully saturated rings. The lowest BCUT2D eigenvalue weighted by Gasteiger charge is -2.29. The highest BCUT2D eigenvalue weighted by Gasteiger charge is 2.25. The maximum atomic E-state index is 12.1. The van der Waals surface area contributed by atoms with Gasteiger partial charge in [-0.15, -0.1) is 0 Å². The lowest BCUT2D eigenvalue weighted by molar-refractivity contribution is -0.121. The normalized spacial score (nSPS) is 13.8. The number of nitrogens with zero attached hydrogens (tertiary/aromatic N) is 2. The molecule has 1 aliphatic rings. The lowest BCUT2D eigenvalue weighted by Crippen LogP contribution is -2.38. The Kier molecular flexibility index (Phi) is 3.31. The Morgan fingerprint density at radius 1 is 1.35 bits per heavy atom. The van der Waals surface area contributed by atoms with Gasteiger partial charge in [0, 0.05) is 10.7 Å².